The third kappa shape index (κ3) is 5.12. The number of hydrogen-bond donors (Lipinski definition) is 1. The molecule has 1 amide bonds. The van der Waals surface area contributed by atoms with Crippen LogP contribution in [0, 0.1) is 5.92 Å². The Morgan fingerprint density at radius 3 is 2.29 bits per heavy atom. The van der Waals surface area contributed by atoms with Crippen molar-refractivity contribution < 1.29 is 13.2 Å². The molecular weight excluding hydrogens is 462 g/mol. The summed E-state index contributed by atoms with van der Waals surface area (Å²) in [6.45, 7) is 2.02. The highest BCUT2D eigenvalue weighted by molar-refractivity contribution is 7.86. The molecule has 0 radical (unpaired) electrons. The average molecular weight is 496 g/mol. The lowest BCUT2D eigenvalue weighted by molar-refractivity contribution is -0.120. The maximum absolute atomic E-state index is 12.8. The highest BCUT2D eigenvalue weighted by Gasteiger charge is 2.35. The van der Waals surface area contributed by atoms with Gasteiger partial charge in [-0.15, -0.1) is 0 Å². The van der Waals surface area contributed by atoms with Gasteiger partial charge in [0, 0.05) is 51.3 Å². The van der Waals surface area contributed by atoms with E-state index in [9.17, 15) is 13.2 Å². The SMILES string of the molecule is Cn1c(CCc2ccc(NC(=O)C3CCN(S(=O)(=O)N4CCCC4)CC3)cc2)nc2ccccc21. The fourth-order valence-corrected chi connectivity index (χ4v) is 6.82. The van der Waals surface area contributed by atoms with E-state index in [1.165, 1.54) is 5.56 Å². The molecule has 2 aromatic carbocycles. The molecule has 3 aromatic rings. The number of benzene rings is 2. The standard InChI is InChI=1S/C26H33N5O3S/c1-29-24-7-3-2-6-23(24)28-25(29)13-10-20-8-11-22(12-9-20)27-26(32)21-14-18-31(19-15-21)35(33,34)30-16-4-5-17-30/h2-3,6-9,11-12,21H,4-5,10,13-19H2,1H3,(H,27,32). The van der Waals surface area contributed by atoms with Gasteiger partial charge in [0.15, 0.2) is 0 Å². The number of piperidine rings is 1. The maximum Gasteiger partial charge on any atom is 0.281 e. The van der Waals surface area contributed by atoms with Crippen molar-refractivity contribution >= 4 is 32.8 Å². The highest BCUT2D eigenvalue weighted by Crippen LogP contribution is 2.25. The maximum atomic E-state index is 12.8. The summed E-state index contributed by atoms with van der Waals surface area (Å²) in [6.07, 6.45) is 4.67. The zero-order chi connectivity index (χ0) is 24.4. The molecule has 0 unspecified atom stereocenters. The van der Waals surface area contributed by atoms with Gasteiger partial charge in [-0.05, 0) is 61.9 Å². The Labute approximate surface area is 207 Å². The summed E-state index contributed by atoms with van der Waals surface area (Å²) in [7, 11) is -1.33. The summed E-state index contributed by atoms with van der Waals surface area (Å²) < 4.78 is 30.7. The zero-order valence-corrected chi connectivity index (χ0v) is 21.0. The van der Waals surface area contributed by atoms with Crippen LogP contribution >= 0.6 is 0 Å². The lowest BCUT2D eigenvalue weighted by Crippen LogP contribution is -2.47. The molecule has 35 heavy (non-hydrogen) atoms. The van der Waals surface area contributed by atoms with Gasteiger partial charge in [-0.3, -0.25) is 4.79 Å². The van der Waals surface area contributed by atoms with Crippen molar-refractivity contribution in [3.8, 4) is 0 Å². The molecule has 0 bridgehead atoms. The minimum Gasteiger partial charge on any atom is -0.331 e. The van der Waals surface area contributed by atoms with Crippen molar-refractivity contribution in [3.05, 3.63) is 59.9 Å². The molecule has 2 fully saturated rings. The Kier molecular flexibility index (Phi) is 6.91. The van der Waals surface area contributed by atoms with Crippen molar-refractivity contribution in [1.29, 1.82) is 0 Å². The van der Waals surface area contributed by atoms with Crippen LogP contribution in [0.4, 0.5) is 5.69 Å². The molecule has 0 atom stereocenters. The number of nitrogens with zero attached hydrogens (tertiary/aromatic N) is 4. The van der Waals surface area contributed by atoms with Gasteiger partial charge < -0.3 is 9.88 Å². The number of hydrogen-bond acceptors (Lipinski definition) is 4. The number of rotatable bonds is 7. The summed E-state index contributed by atoms with van der Waals surface area (Å²) in [5, 5.41) is 3.01. The quantitative estimate of drug-likeness (QED) is 0.545. The van der Waals surface area contributed by atoms with E-state index in [-0.39, 0.29) is 11.8 Å². The number of anilines is 1. The predicted molar refractivity (Wildman–Crippen MR) is 137 cm³/mol. The van der Waals surface area contributed by atoms with E-state index in [1.807, 2.05) is 42.5 Å². The topological polar surface area (TPSA) is 87.5 Å². The minimum absolute atomic E-state index is 0.0318. The molecule has 3 heterocycles. The van der Waals surface area contributed by atoms with Crippen molar-refractivity contribution in [2.45, 2.75) is 38.5 Å². The highest BCUT2D eigenvalue weighted by atomic mass is 32.2. The van der Waals surface area contributed by atoms with Gasteiger partial charge in [-0.25, -0.2) is 4.98 Å². The molecule has 186 valence electrons. The fraction of sp³-hybridized carbons (Fsp3) is 0.462. The molecule has 0 saturated carbocycles. The molecule has 8 nitrogen and oxygen atoms in total. The van der Waals surface area contributed by atoms with Crippen LogP contribution in [-0.4, -0.2) is 58.7 Å². The first-order valence-corrected chi connectivity index (χ1v) is 13.9. The number of nitrogens with one attached hydrogen (secondary N) is 1. The Balaban J connectivity index is 1.12. The molecule has 1 N–H and O–H groups in total. The number of fused-ring (bicyclic) bond motifs is 1. The van der Waals surface area contributed by atoms with Crippen molar-refractivity contribution in [3.63, 3.8) is 0 Å². The minimum atomic E-state index is -3.38. The second-order valence-corrected chi connectivity index (χ2v) is 11.5. The number of carbonyl (C=O) groups excluding carboxylic acids is 1. The van der Waals surface area contributed by atoms with Crippen LogP contribution in [0.2, 0.25) is 0 Å². The van der Waals surface area contributed by atoms with E-state index < -0.39 is 10.2 Å². The predicted octanol–water partition coefficient (Wildman–Crippen LogP) is 3.35. The molecule has 2 saturated heterocycles. The van der Waals surface area contributed by atoms with Gasteiger partial charge in [0.1, 0.15) is 5.82 Å². The number of para-hydroxylation sites is 2. The normalized spacial score (nSPS) is 18.3. The smallest absolute Gasteiger partial charge is 0.281 e. The summed E-state index contributed by atoms with van der Waals surface area (Å²) in [4.78, 5) is 17.5. The second-order valence-electron chi connectivity index (χ2n) is 9.55. The molecule has 5 rings (SSSR count). The van der Waals surface area contributed by atoms with E-state index in [2.05, 4.69) is 23.0 Å². The van der Waals surface area contributed by atoms with E-state index in [0.29, 0.717) is 39.0 Å². The molecule has 0 aliphatic carbocycles. The number of carbonyl (C=O) groups is 1. The third-order valence-electron chi connectivity index (χ3n) is 7.28. The van der Waals surface area contributed by atoms with Gasteiger partial charge >= 0.3 is 0 Å². The molecule has 1 aromatic heterocycles. The Bertz CT molecular complexity index is 1290. The van der Waals surface area contributed by atoms with E-state index in [4.69, 9.17) is 4.98 Å². The fourth-order valence-electron chi connectivity index (χ4n) is 5.11. The summed E-state index contributed by atoms with van der Waals surface area (Å²) >= 11 is 0. The number of aryl methyl sites for hydroxylation is 3. The monoisotopic (exact) mass is 495 g/mol. The van der Waals surface area contributed by atoms with E-state index in [0.717, 1.165) is 48.2 Å². The number of aromatic nitrogens is 2. The summed E-state index contributed by atoms with van der Waals surface area (Å²) in [5.74, 6) is 0.856. The van der Waals surface area contributed by atoms with Gasteiger partial charge in [-0.1, -0.05) is 24.3 Å². The third-order valence-corrected chi connectivity index (χ3v) is 9.32. The van der Waals surface area contributed by atoms with Crippen LogP contribution in [0.15, 0.2) is 48.5 Å². The van der Waals surface area contributed by atoms with Crippen LogP contribution in [0.1, 0.15) is 37.1 Å². The van der Waals surface area contributed by atoms with Crippen molar-refractivity contribution in [2.75, 3.05) is 31.5 Å². The Hall–Kier alpha value is -2.75. The molecule has 2 aliphatic rings. The first-order valence-electron chi connectivity index (χ1n) is 12.5. The van der Waals surface area contributed by atoms with Crippen molar-refractivity contribution in [1.82, 2.24) is 18.2 Å². The Morgan fingerprint density at radius 1 is 0.943 bits per heavy atom. The number of imidazole rings is 1. The van der Waals surface area contributed by atoms with Crippen LogP contribution in [-0.2, 0) is 34.9 Å². The average Bonchev–Trinajstić information content (AvgIpc) is 3.53. The Morgan fingerprint density at radius 2 is 1.60 bits per heavy atom. The second kappa shape index (κ2) is 10.1. The van der Waals surface area contributed by atoms with E-state index in [1.54, 1.807) is 8.61 Å². The molecule has 0 spiro atoms. The summed E-state index contributed by atoms with van der Waals surface area (Å²) in [5.41, 5.74) is 4.12. The lowest BCUT2D eigenvalue weighted by atomic mass is 9.97. The molecule has 9 heteroatoms. The zero-order valence-electron chi connectivity index (χ0n) is 20.2. The first kappa shape index (κ1) is 24.0. The van der Waals surface area contributed by atoms with Crippen LogP contribution < -0.4 is 5.32 Å². The van der Waals surface area contributed by atoms with Crippen molar-refractivity contribution in [2.24, 2.45) is 13.0 Å². The van der Waals surface area contributed by atoms with Crippen LogP contribution in [0.25, 0.3) is 11.0 Å². The van der Waals surface area contributed by atoms with Gasteiger partial charge in [0.05, 0.1) is 11.0 Å². The number of amides is 1. The summed E-state index contributed by atoms with van der Waals surface area (Å²) in [6, 6.07) is 16.1. The molecular formula is C26H33N5O3S. The van der Waals surface area contributed by atoms with Gasteiger partial charge in [0.25, 0.3) is 10.2 Å². The van der Waals surface area contributed by atoms with Crippen LogP contribution in [0.5, 0.6) is 0 Å². The van der Waals surface area contributed by atoms with Gasteiger partial charge in [0.2, 0.25) is 5.91 Å². The van der Waals surface area contributed by atoms with E-state index >= 15 is 0 Å². The van der Waals surface area contributed by atoms with Crippen LogP contribution in [0.3, 0.4) is 0 Å². The van der Waals surface area contributed by atoms with Gasteiger partial charge in [-0.2, -0.15) is 17.0 Å². The molecule has 2 aliphatic heterocycles. The largest absolute Gasteiger partial charge is 0.331 e. The lowest BCUT2D eigenvalue weighted by Gasteiger charge is -2.33. The first-order chi connectivity index (χ1) is 16.9.